The highest BCUT2D eigenvalue weighted by Crippen LogP contribution is 2.39. The van der Waals surface area contributed by atoms with Crippen LogP contribution in [0.5, 0.6) is 0 Å². The second kappa shape index (κ2) is 4.98. The molecule has 0 unspecified atom stereocenters. The van der Waals surface area contributed by atoms with Gasteiger partial charge in [-0.1, -0.05) is 20.8 Å². The van der Waals surface area contributed by atoms with Gasteiger partial charge in [0, 0.05) is 11.0 Å². The largest absolute Gasteiger partial charge is 0.419 e. The SMILES string of the molecule is CC(C)(C)c1nc(-c2ccc(F)c(C(F)(F)F)c2)c(N)s1. The fourth-order valence-electron chi connectivity index (χ4n) is 1.75. The van der Waals surface area contributed by atoms with E-state index in [0.29, 0.717) is 10.0 Å². The standard InChI is InChI=1S/C14H14F4N2S/c1-13(2,3)12-20-10(11(19)21-12)7-4-5-9(15)8(6-7)14(16,17)18/h4-6H,19H2,1-3H3. The van der Waals surface area contributed by atoms with E-state index in [9.17, 15) is 17.6 Å². The maximum atomic E-state index is 13.3. The van der Waals surface area contributed by atoms with Gasteiger partial charge in [-0.05, 0) is 18.2 Å². The molecule has 1 aromatic heterocycles. The van der Waals surface area contributed by atoms with Crippen LogP contribution in [-0.4, -0.2) is 4.98 Å². The molecule has 114 valence electrons. The third-order valence-corrected chi connectivity index (χ3v) is 4.15. The first-order valence-electron chi connectivity index (χ1n) is 6.14. The van der Waals surface area contributed by atoms with Gasteiger partial charge >= 0.3 is 6.18 Å². The lowest BCUT2D eigenvalue weighted by atomic mass is 9.98. The average molecular weight is 318 g/mol. The molecule has 1 aromatic carbocycles. The fraction of sp³-hybridized carbons (Fsp3) is 0.357. The van der Waals surface area contributed by atoms with E-state index < -0.39 is 17.6 Å². The Morgan fingerprint density at radius 2 is 1.76 bits per heavy atom. The van der Waals surface area contributed by atoms with Crippen molar-refractivity contribution < 1.29 is 17.6 Å². The first-order valence-corrected chi connectivity index (χ1v) is 6.95. The molecule has 21 heavy (non-hydrogen) atoms. The Morgan fingerprint density at radius 3 is 2.24 bits per heavy atom. The van der Waals surface area contributed by atoms with Gasteiger partial charge in [-0.25, -0.2) is 9.37 Å². The van der Waals surface area contributed by atoms with Crippen molar-refractivity contribution in [2.24, 2.45) is 0 Å². The Hall–Kier alpha value is -1.63. The summed E-state index contributed by atoms with van der Waals surface area (Å²) >= 11 is 1.23. The number of aromatic nitrogens is 1. The topological polar surface area (TPSA) is 38.9 Å². The molecular formula is C14H14F4N2S. The minimum atomic E-state index is -4.75. The summed E-state index contributed by atoms with van der Waals surface area (Å²) in [5.41, 5.74) is 4.69. The number of thiazole rings is 1. The molecule has 0 saturated heterocycles. The molecule has 2 rings (SSSR count). The van der Waals surface area contributed by atoms with Crippen molar-refractivity contribution >= 4 is 16.3 Å². The Kier molecular flexibility index (Phi) is 3.73. The molecule has 2 aromatic rings. The third-order valence-electron chi connectivity index (χ3n) is 2.84. The van der Waals surface area contributed by atoms with Crippen LogP contribution in [0.15, 0.2) is 18.2 Å². The van der Waals surface area contributed by atoms with Gasteiger partial charge in [-0.15, -0.1) is 11.3 Å². The van der Waals surface area contributed by atoms with E-state index in [1.165, 1.54) is 17.4 Å². The van der Waals surface area contributed by atoms with Gasteiger partial charge in [0.1, 0.15) is 21.5 Å². The molecule has 0 fully saturated rings. The minimum absolute atomic E-state index is 0.160. The summed E-state index contributed by atoms with van der Waals surface area (Å²) in [6.07, 6.45) is -4.75. The van der Waals surface area contributed by atoms with Crippen molar-refractivity contribution in [1.82, 2.24) is 4.98 Å². The number of hydrogen-bond donors (Lipinski definition) is 1. The number of anilines is 1. The average Bonchev–Trinajstić information content (AvgIpc) is 2.70. The van der Waals surface area contributed by atoms with Gasteiger partial charge in [0.15, 0.2) is 0 Å². The van der Waals surface area contributed by atoms with Crippen LogP contribution >= 0.6 is 11.3 Å². The number of alkyl halides is 3. The summed E-state index contributed by atoms with van der Waals surface area (Å²) in [5.74, 6) is -1.31. The van der Waals surface area contributed by atoms with E-state index in [4.69, 9.17) is 5.73 Å². The van der Waals surface area contributed by atoms with E-state index in [2.05, 4.69) is 4.98 Å². The lowest BCUT2D eigenvalue weighted by molar-refractivity contribution is -0.139. The van der Waals surface area contributed by atoms with Crippen LogP contribution in [0.4, 0.5) is 22.6 Å². The first-order chi connectivity index (χ1) is 9.50. The highest BCUT2D eigenvalue weighted by atomic mass is 32.1. The molecule has 0 amide bonds. The van der Waals surface area contributed by atoms with E-state index in [0.717, 1.165) is 12.1 Å². The van der Waals surface area contributed by atoms with E-state index in [-0.39, 0.29) is 16.7 Å². The van der Waals surface area contributed by atoms with Gasteiger partial charge in [0.2, 0.25) is 0 Å². The van der Waals surface area contributed by atoms with Crippen molar-refractivity contribution in [2.75, 3.05) is 5.73 Å². The smallest absolute Gasteiger partial charge is 0.389 e. The highest BCUT2D eigenvalue weighted by Gasteiger charge is 2.34. The van der Waals surface area contributed by atoms with Crippen LogP contribution < -0.4 is 5.73 Å². The Bertz CT molecular complexity index is 669. The molecule has 0 saturated carbocycles. The normalized spacial score (nSPS) is 12.7. The number of nitrogens with two attached hydrogens (primary N) is 1. The maximum absolute atomic E-state index is 13.3. The predicted octanol–water partition coefficient (Wildman–Crippen LogP) is 4.85. The number of nitrogen functional groups attached to an aromatic ring is 1. The maximum Gasteiger partial charge on any atom is 0.419 e. The molecule has 0 spiro atoms. The van der Waals surface area contributed by atoms with Crippen molar-refractivity contribution in [3.8, 4) is 11.3 Å². The molecule has 2 nitrogen and oxygen atoms in total. The quantitative estimate of drug-likeness (QED) is 0.764. The van der Waals surface area contributed by atoms with Crippen LogP contribution in [0.2, 0.25) is 0 Å². The number of hydrogen-bond acceptors (Lipinski definition) is 3. The molecule has 0 aliphatic carbocycles. The number of rotatable bonds is 1. The highest BCUT2D eigenvalue weighted by molar-refractivity contribution is 7.16. The van der Waals surface area contributed by atoms with Crippen LogP contribution in [0.25, 0.3) is 11.3 Å². The van der Waals surface area contributed by atoms with E-state index in [1.54, 1.807) is 0 Å². The van der Waals surface area contributed by atoms with Gasteiger partial charge in [0.25, 0.3) is 0 Å². The zero-order valence-corrected chi connectivity index (χ0v) is 12.5. The Morgan fingerprint density at radius 1 is 1.14 bits per heavy atom. The minimum Gasteiger partial charge on any atom is -0.389 e. The van der Waals surface area contributed by atoms with E-state index in [1.807, 2.05) is 20.8 Å². The van der Waals surface area contributed by atoms with Crippen LogP contribution in [0.3, 0.4) is 0 Å². The molecule has 0 bridgehead atoms. The van der Waals surface area contributed by atoms with Gasteiger partial charge < -0.3 is 5.73 Å². The monoisotopic (exact) mass is 318 g/mol. The predicted molar refractivity (Wildman–Crippen MR) is 75.6 cm³/mol. The summed E-state index contributed by atoms with van der Waals surface area (Å²) in [7, 11) is 0. The molecule has 0 aliphatic rings. The second-order valence-corrected chi connectivity index (χ2v) is 6.70. The zero-order chi connectivity index (χ0) is 16.0. The Labute approximate surface area is 123 Å². The number of benzene rings is 1. The molecule has 7 heteroatoms. The van der Waals surface area contributed by atoms with E-state index >= 15 is 0 Å². The Balaban J connectivity index is 2.56. The van der Waals surface area contributed by atoms with Crippen molar-refractivity contribution in [3.63, 3.8) is 0 Å². The van der Waals surface area contributed by atoms with Crippen molar-refractivity contribution in [2.45, 2.75) is 32.4 Å². The summed E-state index contributed by atoms with van der Waals surface area (Å²) in [5, 5.41) is 1.03. The van der Waals surface area contributed by atoms with Crippen LogP contribution in [0.1, 0.15) is 31.3 Å². The van der Waals surface area contributed by atoms with Crippen LogP contribution in [0, 0.1) is 5.82 Å². The second-order valence-electron chi connectivity index (χ2n) is 5.67. The lowest BCUT2D eigenvalue weighted by Crippen LogP contribution is -2.10. The summed E-state index contributed by atoms with van der Waals surface area (Å²) in [6.45, 7) is 5.79. The molecule has 0 radical (unpaired) electrons. The molecule has 0 aliphatic heterocycles. The summed E-state index contributed by atoms with van der Waals surface area (Å²) in [6, 6.07) is 2.78. The zero-order valence-electron chi connectivity index (χ0n) is 11.7. The third kappa shape index (κ3) is 3.18. The number of nitrogens with zero attached hydrogens (tertiary/aromatic N) is 1. The van der Waals surface area contributed by atoms with Gasteiger partial charge in [0.05, 0.1) is 5.56 Å². The van der Waals surface area contributed by atoms with Crippen molar-refractivity contribution in [3.05, 3.63) is 34.6 Å². The molecule has 2 N–H and O–H groups in total. The summed E-state index contributed by atoms with van der Waals surface area (Å²) < 4.78 is 51.6. The lowest BCUT2D eigenvalue weighted by Gasteiger charge is -2.13. The van der Waals surface area contributed by atoms with Gasteiger partial charge in [-0.2, -0.15) is 13.2 Å². The fourth-order valence-corrected chi connectivity index (χ4v) is 2.66. The summed E-state index contributed by atoms with van der Waals surface area (Å²) in [4.78, 5) is 4.31. The van der Waals surface area contributed by atoms with Crippen LogP contribution in [-0.2, 0) is 11.6 Å². The van der Waals surface area contributed by atoms with Crippen molar-refractivity contribution in [1.29, 1.82) is 0 Å². The van der Waals surface area contributed by atoms with Gasteiger partial charge in [-0.3, -0.25) is 0 Å². The number of halogens is 4. The molecule has 0 atom stereocenters. The molecular weight excluding hydrogens is 304 g/mol. The molecule has 1 heterocycles. The first kappa shape index (κ1) is 15.8.